The summed E-state index contributed by atoms with van der Waals surface area (Å²) in [6.07, 6.45) is 0. The highest BCUT2D eigenvalue weighted by molar-refractivity contribution is 5.67. The van der Waals surface area contributed by atoms with Crippen molar-refractivity contribution >= 4 is 0 Å². The van der Waals surface area contributed by atoms with Crippen LogP contribution in [0.25, 0.3) is 16.9 Å². The molecule has 1 N–H and O–H groups in total. The molecule has 0 aliphatic carbocycles. The Morgan fingerprint density at radius 1 is 0.957 bits per heavy atom. The quantitative estimate of drug-likeness (QED) is 0.740. The Morgan fingerprint density at radius 3 is 2.26 bits per heavy atom. The highest BCUT2D eigenvalue weighted by Crippen LogP contribution is 2.37. The summed E-state index contributed by atoms with van der Waals surface area (Å²) in [4.78, 5) is 0. The molecule has 118 valence electrons. The monoisotopic (exact) mass is 306 g/mol. The zero-order valence-corrected chi connectivity index (χ0v) is 14.0. The molecule has 2 aromatic carbocycles. The number of aryl methyl sites for hydroxylation is 2. The maximum atomic E-state index is 10.7. The number of benzene rings is 2. The van der Waals surface area contributed by atoms with Crippen molar-refractivity contribution in [3.05, 3.63) is 65.2 Å². The molecule has 3 heteroatoms. The van der Waals surface area contributed by atoms with Gasteiger partial charge in [0, 0.05) is 11.1 Å². The maximum absolute atomic E-state index is 10.7. The molecular formula is C20H22N2O. The van der Waals surface area contributed by atoms with E-state index in [2.05, 4.69) is 32.9 Å². The summed E-state index contributed by atoms with van der Waals surface area (Å²) < 4.78 is 1.63. The molecule has 0 saturated heterocycles. The second-order valence-corrected chi connectivity index (χ2v) is 6.36. The van der Waals surface area contributed by atoms with Crippen molar-refractivity contribution in [2.45, 2.75) is 33.6 Å². The predicted molar refractivity (Wildman–Crippen MR) is 94.2 cm³/mol. The average molecular weight is 306 g/mol. The van der Waals surface area contributed by atoms with Crippen molar-refractivity contribution in [1.82, 2.24) is 9.78 Å². The van der Waals surface area contributed by atoms with Gasteiger partial charge in [0.05, 0.1) is 5.69 Å². The highest BCUT2D eigenvalue weighted by atomic mass is 16.3. The van der Waals surface area contributed by atoms with Gasteiger partial charge in [-0.1, -0.05) is 55.3 Å². The molecular weight excluding hydrogens is 284 g/mol. The van der Waals surface area contributed by atoms with Crippen molar-refractivity contribution in [3.8, 4) is 22.8 Å². The summed E-state index contributed by atoms with van der Waals surface area (Å²) in [6, 6.07) is 16.2. The largest absolute Gasteiger partial charge is 0.493 e. The van der Waals surface area contributed by atoms with Crippen LogP contribution in [0.4, 0.5) is 0 Å². The van der Waals surface area contributed by atoms with Gasteiger partial charge in [0.2, 0.25) is 5.88 Å². The van der Waals surface area contributed by atoms with Gasteiger partial charge in [0.25, 0.3) is 0 Å². The van der Waals surface area contributed by atoms with E-state index in [9.17, 15) is 5.11 Å². The van der Waals surface area contributed by atoms with Gasteiger partial charge in [-0.3, -0.25) is 0 Å². The smallest absolute Gasteiger partial charge is 0.218 e. The topological polar surface area (TPSA) is 38.0 Å². The van der Waals surface area contributed by atoms with Crippen LogP contribution < -0.4 is 0 Å². The summed E-state index contributed by atoms with van der Waals surface area (Å²) in [5.41, 5.74) is 6.01. The Balaban J connectivity index is 2.20. The molecule has 0 fully saturated rings. The van der Waals surface area contributed by atoms with Crippen LogP contribution >= 0.6 is 0 Å². The van der Waals surface area contributed by atoms with E-state index in [1.807, 2.05) is 43.3 Å². The van der Waals surface area contributed by atoms with Crippen molar-refractivity contribution < 1.29 is 5.11 Å². The fourth-order valence-electron chi connectivity index (χ4n) is 2.82. The van der Waals surface area contributed by atoms with Crippen molar-refractivity contribution in [1.29, 1.82) is 0 Å². The van der Waals surface area contributed by atoms with Crippen LogP contribution in [0.15, 0.2) is 48.5 Å². The summed E-state index contributed by atoms with van der Waals surface area (Å²) in [6.45, 7) is 8.27. The average Bonchev–Trinajstić information content (AvgIpc) is 2.86. The van der Waals surface area contributed by atoms with Crippen LogP contribution in [0.5, 0.6) is 5.88 Å². The molecule has 3 aromatic rings. The highest BCUT2D eigenvalue weighted by Gasteiger charge is 2.22. The molecule has 3 rings (SSSR count). The lowest BCUT2D eigenvalue weighted by atomic mass is 9.98. The van der Waals surface area contributed by atoms with Gasteiger partial charge in [-0.2, -0.15) is 5.10 Å². The number of aromatic hydroxyl groups is 1. The fraction of sp³-hybridized carbons (Fsp3) is 0.250. The normalized spacial score (nSPS) is 11.2. The van der Waals surface area contributed by atoms with Gasteiger partial charge in [-0.05, 0) is 38.0 Å². The second-order valence-electron chi connectivity index (χ2n) is 6.36. The maximum Gasteiger partial charge on any atom is 0.218 e. The minimum atomic E-state index is 0.185. The minimum Gasteiger partial charge on any atom is -0.493 e. The van der Waals surface area contributed by atoms with Gasteiger partial charge in [0.1, 0.15) is 5.69 Å². The SMILES string of the molecule is Cc1ccc(-n2nc(-c3cccc(C)c3)c(C(C)C)c2O)cc1. The van der Waals surface area contributed by atoms with Gasteiger partial charge < -0.3 is 5.11 Å². The summed E-state index contributed by atoms with van der Waals surface area (Å²) in [5.74, 6) is 0.407. The first-order chi connectivity index (χ1) is 11.0. The Kier molecular flexibility index (Phi) is 3.95. The predicted octanol–water partition coefficient (Wildman–Crippen LogP) is 4.99. The van der Waals surface area contributed by atoms with Crippen LogP contribution in [-0.2, 0) is 0 Å². The van der Waals surface area contributed by atoms with Gasteiger partial charge in [-0.15, -0.1) is 0 Å². The molecule has 0 aliphatic heterocycles. The summed E-state index contributed by atoms with van der Waals surface area (Å²) >= 11 is 0. The minimum absolute atomic E-state index is 0.185. The first-order valence-electron chi connectivity index (χ1n) is 7.93. The third kappa shape index (κ3) is 2.87. The number of hydrogen-bond acceptors (Lipinski definition) is 2. The van der Waals surface area contributed by atoms with Gasteiger partial charge in [-0.25, -0.2) is 4.68 Å². The van der Waals surface area contributed by atoms with E-state index in [-0.39, 0.29) is 11.8 Å². The molecule has 3 nitrogen and oxygen atoms in total. The number of aromatic nitrogens is 2. The van der Waals surface area contributed by atoms with Gasteiger partial charge >= 0.3 is 0 Å². The molecule has 0 atom stereocenters. The van der Waals surface area contributed by atoms with Crippen LogP contribution in [0.3, 0.4) is 0 Å². The molecule has 0 aliphatic rings. The third-order valence-electron chi connectivity index (χ3n) is 4.04. The molecule has 0 spiro atoms. The second kappa shape index (κ2) is 5.92. The van der Waals surface area contributed by atoms with E-state index in [0.29, 0.717) is 0 Å². The molecule has 0 unspecified atom stereocenters. The standard InChI is InChI=1S/C20H22N2O/c1-13(2)18-19(16-7-5-6-15(4)12-16)21-22(20(18)23)17-10-8-14(3)9-11-17/h5-13,23H,1-4H3. The summed E-state index contributed by atoms with van der Waals surface area (Å²) in [7, 11) is 0. The van der Waals surface area contributed by atoms with E-state index in [1.165, 1.54) is 11.1 Å². The first kappa shape index (κ1) is 15.3. The first-order valence-corrected chi connectivity index (χ1v) is 7.93. The third-order valence-corrected chi connectivity index (χ3v) is 4.04. The molecule has 0 amide bonds. The Morgan fingerprint density at radius 2 is 1.65 bits per heavy atom. The van der Waals surface area contributed by atoms with E-state index >= 15 is 0 Å². The Bertz CT molecular complexity index is 829. The van der Waals surface area contributed by atoms with E-state index in [4.69, 9.17) is 5.10 Å². The summed E-state index contributed by atoms with van der Waals surface area (Å²) in [5, 5.41) is 15.4. The number of nitrogens with zero attached hydrogens (tertiary/aromatic N) is 2. The van der Waals surface area contributed by atoms with Crippen LogP contribution in [-0.4, -0.2) is 14.9 Å². The van der Waals surface area contributed by atoms with Crippen molar-refractivity contribution in [2.24, 2.45) is 0 Å². The van der Waals surface area contributed by atoms with Crippen molar-refractivity contribution in [2.75, 3.05) is 0 Å². The van der Waals surface area contributed by atoms with Crippen LogP contribution in [0.2, 0.25) is 0 Å². The molecule has 1 aromatic heterocycles. The lowest BCUT2D eigenvalue weighted by molar-refractivity contribution is 0.425. The lowest BCUT2D eigenvalue weighted by Crippen LogP contribution is -1.96. The molecule has 0 radical (unpaired) electrons. The van der Waals surface area contributed by atoms with E-state index < -0.39 is 0 Å². The number of hydrogen-bond donors (Lipinski definition) is 1. The molecule has 0 bridgehead atoms. The van der Waals surface area contributed by atoms with Crippen LogP contribution in [0.1, 0.15) is 36.5 Å². The van der Waals surface area contributed by atoms with Gasteiger partial charge in [0.15, 0.2) is 0 Å². The number of rotatable bonds is 3. The zero-order valence-electron chi connectivity index (χ0n) is 14.0. The van der Waals surface area contributed by atoms with Crippen molar-refractivity contribution in [3.63, 3.8) is 0 Å². The van der Waals surface area contributed by atoms with E-state index in [0.717, 1.165) is 22.5 Å². The Hall–Kier alpha value is -2.55. The molecule has 1 heterocycles. The Labute approximate surface area is 137 Å². The lowest BCUT2D eigenvalue weighted by Gasteiger charge is -2.07. The zero-order chi connectivity index (χ0) is 16.6. The van der Waals surface area contributed by atoms with E-state index in [1.54, 1.807) is 4.68 Å². The van der Waals surface area contributed by atoms with Crippen LogP contribution in [0, 0.1) is 13.8 Å². The molecule has 23 heavy (non-hydrogen) atoms. The fourth-order valence-corrected chi connectivity index (χ4v) is 2.82. The molecule has 0 saturated carbocycles.